The Morgan fingerprint density at radius 2 is 2.15 bits per heavy atom. The van der Waals surface area contributed by atoms with Gasteiger partial charge in [-0.05, 0) is 33.0 Å². The maximum Gasteiger partial charge on any atom is 0.236 e. The number of rotatable bonds is 6. The zero-order valence-electron chi connectivity index (χ0n) is 12.3. The number of carbonyl (C=O) groups is 1. The Kier molecular flexibility index (Phi) is 5.31. The first-order valence-corrected chi connectivity index (χ1v) is 7.86. The third kappa shape index (κ3) is 3.10. The van der Waals surface area contributed by atoms with E-state index in [1.807, 2.05) is 43.1 Å². The predicted octanol–water partition coefficient (Wildman–Crippen LogP) is 2.27. The molecule has 0 spiro atoms. The smallest absolute Gasteiger partial charge is 0.236 e. The highest BCUT2D eigenvalue weighted by Gasteiger charge is 2.39. The highest BCUT2D eigenvalue weighted by molar-refractivity contribution is 8.01. The fourth-order valence-electron chi connectivity index (χ4n) is 2.44. The first kappa shape index (κ1) is 15.2. The molecule has 0 saturated carbocycles. The zero-order valence-corrected chi connectivity index (χ0v) is 13.1. The average molecular weight is 294 g/mol. The SMILES string of the molecule is CNCCCN1C(=O)[C@@H](C)S[C@@H]1c1ccccc1OC. The summed E-state index contributed by atoms with van der Waals surface area (Å²) in [6, 6.07) is 7.96. The van der Waals surface area contributed by atoms with Crippen molar-refractivity contribution in [2.45, 2.75) is 24.0 Å². The number of thioether (sulfide) groups is 1. The molecule has 2 atom stereocenters. The number of benzene rings is 1. The number of carbonyl (C=O) groups excluding carboxylic acids is 1. The minimum atomic E-state index is 0.0134. The summed E-state index contributed by atoms with van der Waals surface area (Å²) < 4.78 is 5.44. The second-order valence-corrected chi connectivity index (χ2v) is 6.29. The molecule has 1 amide bonds. The molecule has 0 aliphatic carbocycles. The van der Waals surface area contributed by atoms with E-state index < -0.39 is 0 Å². The van der Waals surface area contributed by atoms with Gasteiger partial charge in [-0.1, -0.05) is 18.2 Å². The van der Waals surface area contributed by atoms with Gasteiger partial charge in [-0.25, -0.2) is 0 Å². The van der Waals surface area contributed by atoms with Crippen LogP contribution in [0, 0.1) is 0 Å². The summed E-state index contributed by atoms with van der Waals surface area (Å²) in [6.07, 6.45) is 0.959. The van der Waals surface area contributed by atoms with Crippen LogP contribution in [-0.2, 0) is 4.79 Å². The molecule has 0 bridgehead atoms. The van der Waals surface area contributed by atoms with Crippen molar-refractivity contribution in [3.8, 4) is 5.75 Å². The largest absolute Gasteiger partial charge is 0.496 e. The minimum Gasteiger partial charge on any atom is -0.496 e. The van der Waals surface area contributed by atoms with Gasteiger partial charge < -0.3 is 15.0 Å². The molecule has 20 heavy (non-hydrogen) atoms. The lowest BCUT2D eigenvalue weighted by Gasteiger charge is -2.25. The van der Waals surface area contributed by atoms with E-state index in [2.05, 4.69) is 5.32 Å². The first-order valence-electron chi connectivity index (χ1n) is 6.92. The van der Waals surface area contributed by atoms with Crippen molar-refractivity contribution in [1.29, 1.82) is 0 Å². The molecule has 1 aromatic rings. The molecule has 110 valence electrons. The third-order valence-corrected chi connectivity index (χ3v) is 4.85. The van der Waals surface area contributed by atoms with Crippen molar-refractivity contribution >= 4 is 17.7 Å². The van der Waals surface area contributed by atoms with Gasteiger partial charge in [0.2, 0.25) is 5.91 Å². The molecule has 1 N–H and O–H groups in total. The predicted molar refractivity (Wildman–Crippen MR) is 83.0 cm³/mol. The van der Waals surface area contributed by atoms with Crippen LogP contribution in [-0.4, -0.2) is 43.3 Å². The van der Waals surface area contributed by atoms with Crippen molar-refractivity contribution in [2.75, 3.05) is 27.2 Å². The van der Waals surface area contributed by atoms with Crippen molar-refractivity contribution < 1.29 is 9.53 Å². The highest BCUT2D eigenvalue weighted by Crippen LogP contribution is 2.45. The van der Waals surface area contributed by atoms with Gasteiger partial charge in [0.15, 0.2) is 0 Å². The summed E-state index contributed by atoms with van der Waals surface area (Å²) in [5.74, 6) is 1.08. The lowest BCUT2D eigenvalue weighted by Crippen LogP contribution is -2.32. The highest BCUT2D eigenvalue weighted by atomic mass is 32.2. The fraction of sp³-hybridized carbons (Fsp3) is 0.533. The number of amides is 1. The molecule has 4 nitrogen and oxygen atoms in total. The standard InChI is InChI=1S/C15H22N2O2S/c1-11-14(18)17(10-6-9-16-2)15(20-11)12-7-4-5-8-13(12)19-3/h4-5,7-8,11,15-16H,6,9-10H2,1-3H3/t11-,15-/m1/s1. The van der Waals surface area contributed by atoms with Crippen LogP contribution in [0.4, 0.5) is 0 Å². The van der Waals surface area contributed by atoms with Crippen LogP contribution in [0.2, 0.25) is 0 Å². The molecule has 1 saturated heterocycles. The van der Waals surface area contributed by atoms with Crippen LogP contribution in [0.3, 0.4) is 0 Å². The van der Waals surface area contributed by atoms with Crippen LogP contribution in [0.25, 0.3) is 0 Å². The monoisotopic (exact) mass is 294 g/mol. The van der Waals surface area contributed by atoms with Crippen LogP contribution < -0.4 is 10.1 Å². The van der Waals surface area contributed by atoms with Crippen molar-refractivity contribution in [2.24, 2.45) is 0 Å². The molecule has 1 aliphatic rings. The van der Waals surface area contributed by atoms with Crippen molar-refractivity contribution in [3.63, 3.8) is 0 Å². The Morgan fingerprint density at radius 3 is 2.85 bits per heavy atom. The molecule has 2 rings (SSSR count). The van der Waals surface area contributed by atoms with Crippen LogP contribution in [0.5, 0.6) is 5.75 Å². The Bertz CT molecular complexity index is 467. The Balaban J connectivity index is 2.21. The zero-order chi connectivity index (χ0) is 14.5. The van der Waals surface area contributed by atoms with Crippen LogP contribution >= 0.6 is 11.8 Å². The number of nitrogens with one attached hydrogen (secondary N) is 1. The number of hydrogen-bond donors (Lipinski definition) is 1. The van der Waals surface area contributed by atoms with Crippen molar-refractivity contribution in [3.05, 3.63) is 29.8 Å². The molecule has 5 heteroatoms. The summed E-state index contributed by atoms with van der Waals surface area (Å²) in [6.45, 7) is 3.68. The quantitative estimate of drug-likeness (QED) is 0.817. The molecule has 0 radical (unpaired) electrons. The molecule has 0 aromatic heterocycles. The van der Waals surface area contributed by atoms with Gasteiger partial charge in [0.25, 0.3) is 0 Å². The second-order valence-electron chi connectivity index (χ2n) is 4.86. The van der Waals surface area contributed by atoms with Gasteiger partial charge >= 0.3 is 0 Å². The summed E-state index contributed by atoms with van der Waals surface area (Å²) in [5.41, 5.74) is 1.09. The molecule has 1 heterocycles. The van der Waals surface area contributed by atoms with E-state index in [1.54, 1.807) is 18.9 Å². The van der Waals surface area contributed by atoms with Crippen LogP contribution in [0.15, 0.2) is 24.3 Å². The Hall–Kier alpha value is -1.20. The Morgan fingerprint density at radius 1 is 1.40 bits per heavy atom. The molecular weight excluding hydrogens is 272 g/mol. The lowest BCUT2D eigenvalue weighted by molar-refractivity contribution is -0.129. The van der Waals surface area contributed by atoms with E-state index in [0.717, 1.165) is 30.8 Å². The van der Waals surface area contributed by atoms with E-state index in [0.29, 0.717) is 0 Å². The molecule has 1 aliphatic heterocycles. The lowest BCUT2D eigenvalue weighted by atomic mass is 10.1. The minimum absolute atomic E-state index is 0.0134. The maximum atomic E-state index is 12.3. The van der Waals surface area contributed by atoms with Gasteiger partial charge in [0, 0.05) is 12.1 Å². The summed E-state index contributed by atoms with van der Waals surface area (Å²) in [7, 11) is 3.61. The van der Waals surface area contributed by atoms with Gasteiger partial charge in [-0.15, -0.1) is 11.8 Å². The van der Waals surface area contributed by atoms with E-state index in [9.17, 15) is 4.79 Å². The summed E-state index contributed by atoms with van der Waals surface area (Å²) in [4.78, 5) is 14.3. The van der Waals surface area contributed by atoms with E-state index in [-0.39, 0.29) is 16.5 Å². The molecule has 1 fully saturated rings. The third-order valence-electron chi connectivity index (χ3n) is 3.48. The topological polar surface area (TPSA) is 41.6 Å². The van der Waals surface area contributed by atoms with Crippen molar-refractivity contribution in [1.82, 2.24) is 10.2 Å². The number of hydrogen-bond acceptors (Lipinski definition) is 4. The van der Waals surface area contributed by atoms with Crippen LogP contribution in [0.1, 0.15) is 24.3 Å². The first-order chi connectivity index (χ1) is 9.69. The van der Waals surface area contributed by atoms with E-state index >= 15 is 0 Å². The molecule has 0 unspecified atom stereocenters. The van der Waals surface area contributed by atoms with Gasteiger partial charge in [0.1, 0.15) is 11.1 Å². The van der Waals surface area contributed by atoms with E-state index in [1.165, 1.54) is 0 Å². The molecule has 1 aromatic carbocycles. The van der Waals surface area contributed by atoms with E-state index in [4.69, 9.17) is 4.74 Å². The number of nitrogens with zero attached hydrogens (tertiary/aromatic N) is 1. The Labute approximate surface area is 124 Å². The summed E-state index contributed by atoms with van der Waals surface area (Å²) >= 11 is 1.70. The fourth-order valence-corrected chi connectivity index (χ4v) is 3.78. The molecular formula is C15H22N2O2S. The van der Waals surface area contributed by atoms with Gasteiger partial charge in [-0.3, -0.25) is 4.79 Å². The average Bonchev–Trinajstić information content (AvgIpc) is 2.75. The van der Waals surface area contributed by atoms with Gasteiger partial charge in [-0.2, -0.15) is 0 Å². The normalized spacial score (nSPS) is 22.4. The van der Waals surface area contributed by atoms with Gasteiger partial charge in [0.05, 0.1) is 12.4 Å². The maximum absolute atomic E-state index is 12.3. The second kappa shape index (κ2) is 6.99. The number of para-hydroxylation sites is 1. The summed E-state index contributed by atoms with van der Waals surface area (Å²) in [5, 5.41) is 3.20. The number of methoxy groups -OCH3 is 1. The number of ether oxygens (including phenoxy) is 1.